The molecule has 0 aliphatic carbocycles. The van der Waals surface area contributed by atoms with E-state index in [4.69, 9.17) is 9.47 Å². The Morgan fingerprint density at radius 1 is 0.704 bits per heavy atom. The van der Waals surface area contributed by atoms with E-state index in [-0.39, 0.29) is 17.1 Å². The summed E-state index contributed by atoms with van der Waals surface area (Å²) >= 11 is 0. The lowest BCUT2D eigenvalue weighted by Gasteiger charge is -2.07. The number of ketones is 2. The first kappa shape index (κ1) is 19.8. The minimum Gasteiger partial charge on any atom is -0.457 e. The van der Waals surface area contributed by atoms with Crippen LogP contribution in [0.25, 0.3) is 0 Å². The normalized spacial score (nSPS) is 9.93. The molecule has 2 rings (SSSR count). The highest BCUT2D eigenvalue weighted by Crippen LogP contribution is 2.07. The first-order valence-electron chi connectivity index (χ1n) is 8.14. The van der Waals surface area contributed by atoms with Crippen molar-refractivity contribution in [3.63, 3.8) is 0 Å². The zero-order valence-electron chi connectivity index (χ0n) is 14.6. The zero-order valence-corrected chi connectivity index (χ0v) is 14.6. The van der Waals surface area contributed by atoms with Crippen LogP contribution in [0.4, 0.5) is 0 Å². The van der Waals surface area contributed by atoms with Crippen molar-refractivity contribution in [2.24, 2.45) is 0 Å². The molecule has 0 bridgehead atoms. The lowest BCUT2D eigenvalue weighted by Crippen LogP contribution is -2.19. The van der Waals surface area contributed by atoms with Crippen molar-refractivity contribution < 1.29 is 28.7 Å². The Labute approximate surface area is 156 Å². The first-order valence-corrected chi connectivity index (χ1v) is 8.14. The van der Waals surface area contributed by atoms with Gasteiger partial charge in [-0.3, -0.25) is 14.4 Å². The van der Waals surface area contributed by atoms with E-state index in [1.54, 1.807) is 60.7 Å². The number of benzene rings is 2. The topological polar surface area (TPSA) is 86.7 Å². The van der Waals surface area contributed by atoms with Crippen molar-refractivity contribution in [1.82, 2.24) is 0 Å². The van der Waals surface area contributed by atoms with E-state index in [0.29, 0.717) is 11.1 Å². The average Bonchev–Trinajstić information content (AvgIpc) is 2.71. The molecule has 0 aliphatic heterocycles. The smallest absolute Gasteiger partial charge is 0.334 e. The molecule has 0 saturated carbocycles. The third-order valence-electron chi connectivity index (χ3n) is 3.54. The number of Topliss-reactive ketones (excluding diaryl/α,β-unsaturated/α-hetero) is 2. The van der Waals surface area contributed by atoms with Crippen molar-refractivity contribution in [1.29, 1.82) is 0 Å². The Hall–Kier alpha value is -3.54. The molecule has 138 valence electrons. The molecule has 0 amide bonds. The Morgan fingerprint density at radius 3 is 1.63 bits per heavy atom. The molecule has 0 aromatic heterocycles. The Balaban J connectivity index is 1.73. The van der Waals surface area contributed by atoms with Crippen LogP contribution in [0.2, 0.25) is 0 Å². The van der Waals surface area contributed by atoms with Gasteiger partial charge in [-0.25, -0.2) is 4.79 Å². The van der Waals surface area contributed by atoms with E-state index in [1.165, 1.54) is 0 Å². The summed E-state index contributed by atoms with van der Waals surface area (Å²) in [6.45, 7) is 2.57. The van der Waals surface area contributed by atoms with Crippen molar-refractivity contribution in [2.75, 3.05) is 13.2 Å². The SMILES string of the molecule is C=C(CC(=O)OCC(=O)c1ccccc1)C(=O)OCC(=O)c1ccccc1. The molecule has 2 aromatic rings. The third kappa shape index (κ3) is 6.36. The van der Waals surface area contributed by atoms with Gasteiger partial charge in [0.1, 0.15) is 0 Å². The van der Waals surface area contributed by atoms with Gasteiger partial charge < -0.3 is 9.47 Å². The van der Waals surface area contributed by atoms with Crippen LogP contribution in [0.15, 0.2) is 72.8 Å². The van der Waals surface area contributed by atoms with Crippen molar-refractivity contribution in [3.05, 3.63) is 83.9 Å². The van der Waals surface area contributed by atoms with Crippen LogP contribution in [0.3, 0.4) is 0 Å². The molecule has 0 saturated heterocycles. The molecular formula is C21H18O6. The number of hydrogen-bond acceptors (Lipinski definition) is 6. The van der Waals surface area contributed by atoms with Gasteiger partial charge in [0.15, 0.2) is 24.8 Å². The van der Waals surface area contributed by atoms with Crippen LogP contribution in [0.5, 0.6) is 0 Å². The molecule has 6 heteroatoms. The Kier molecular flexibility index (Phi) is 7.19. The van der Waals surface area contributed by atoms with Gasteiger partial charge in [0.2, 0.25) is 0 Å². The number of carbonyl (C=O) groups is 4. The standard InChI is InChI=1S/C21H18O6/c1-15(21(25)27-14-19(23)17-10-6-3-7-11-17)12-20(24)26-13-18(22)16-8-4-2-5-9-16/h2-11H,1,12-14H2. The fourth-order valence-corrected chi connectivity index (χ4v) is 2.09. The summed E-state index contributed by atoms with van der Waals surface area (Å²) < 4.78 is 9.70. The van der Waals surface area contributed by atoms with Gasteiger partial charge in [0, 0.05) is 16.7 Å². The summed E-state index contributed by atoms with van der Waals surface area (Å²) in [5.74, 6) is -2.38. The van der Waals surface area contributed by atoms with E-state index in [9.17, 15) is 19.2 Å². The molecule has 0 fully saturated rings. The van der Waals surface area contributed by atoms with Gasteiger partial charge in [-0.2, -0.15) is 0 Å². The molecule has 2 aromatic carbocycles. The molecule has 6 nitrogen and oxygen atoms in total. The van der Waals surface area contributed by atoms with Crippen molar-refractivity contribution in [2.45, 2.75) is 6.42 Å². The first-order chi connectivity index (χ1) is 13.0. The predicted molar refractivity (Wildman–Crippen MR) is 97.2 cm³/mol. The van der Waals surface area contributed by atoms with Crippen LogP contribution in [-0.2, 0) is 19.1 Å². The summed E-state index contributed by atoms with van der Waals surface area (Å²) in [5.41, 5.74) is 0.672. The average molecular weight is 366 g/mol. The largest absolute Gasteiger partial charge is 0.457 e. The van der Waals surface area contributed by atoms with Gasteiger partial charge in [-0.15, -0.1) is 0 Å². The highest BCUT2D eigenvalue weighted by Gasteiger charge is 2.17. The molecule has 27 heavy (non-hydrogen) atoms. The van der Waals surface area contributed by atoms with Gasteiger partial charge in [0.05, 0.1) is 6.42 Å². The Bertz CT molecular complexity index is 839. The van der Waals surface area contributed by atoms with Gasteiger partial charge in [-0.05, 0) is 0 Å². The van der Waals surface area contributed by atoms with E-state index in [1.807, 2.05) is 0 Å². The second kappa shape index (κ2) is 9.82. The second-order valence-electron chi connectivity index (χ2n) is 5.60. The zero-order chi connectivity index (χ0) is 19.6. The van der Waals surface area contributed by atoms with Crippen LogP contribution >= 0.6 is 0 Å². The maximum atomic E-state index is 11.9. The quantitative estimate of drug-likeness (QED) is 0.385. The van der Waals surface area contributed by atoms with Crippen molar-refractivity contribution in [3.8, 4) is 0 Å². The molecule has 0 N–H and O–H groups in total. The van der Waals surface area contributed by atoms with Crippen LogP contribution in [0, 0.1) is 0 Å². The molecule has 0 aliphatic rings. The predicted octanol–water partition coefficient (Wildman–Crippen LogP) is 2.78. The van der Waals surface area contributed by atoms with Crippen LogP contribution in [0.1, 0.15) is 27.1 Å². The lowest BCUT2D eigenvalue weighted by molar-refractivity contribution is -0.145. The molecular weight excluding hydrogens is 348 g/mol. The van der Waals surface area contributed by atoms with Crippen molar-refractivity contribution >= 4 is 23.5 Å². The highest BCUT2D eigenvalue weighted by atomic mass is 16.5. The van der Waals surface area contributed by atoms with Crippen LogP contribution in [-0.4, -0.2) is 36.7 Å². The summed E-state index contributed by atoms with van der Waals surface area (Å²) in [5, 5.41) is 0. The monoisotopic (exact) mass is 366 g/mol. The highest BCUT2D eigenvalue weighted by molar-refractivity contribution is 6.00. The number of carbonyl (C=O) groups excluding carboxylic acids is 4. The molecule has 0 radical (unpaired) electrons. The molecule has 0 heterocycles. The van der Waals surface area contributed by atoms with E-state index in [2.05, 4.69) is 6.58 Å². The fraction of sp³-hybridized carbons (Fsp3) is 0.143. The number of ether oxygens (including phenoxy) is 2. The van der Waals surface area contributed by atoms with Gasteiger partial charge in [-0.1, -0.05) is 67.2 Å². The number of rotatable bonds is 9. The summed E-state index contributed by atoms with van der Waals surface area (Å²) in [6, 6.07) is 16.7. The molecule has 0 unspecified atom stereocenters. The number of esters is 2. The summed E-state index contributed by atoms with van der Waals surface area (Å²) in [6.07, 6.45) is -0.430. The van der Waals surface area contributed by atoms with E-state index >= 15 is 0 Å². The Morgan fingerprint density at radius 2 is 1.15 bits per heavy atom. The molecule has 0 spiro atoms. The third-order valence-corrected chi connectivity index (χ3v) is 3.54. The molecule has 0 atom stereocenters. The lowest BCUT2D eigenvalue weighted by atomic mass is 10.1. The summed E-state index contributed by atoms with van der Waals surface area (Å²) in [7, 11) is 0. The van der Waals surface area contributed by atoms with E-state index in [0.717, 1.165) is 0 Å². The minimum atomic E-state index is -0.870. The maximum Gasteiger partial charge on any atom is 0.334 e. The fourth-order valence-electron chi connectivity index (χ4n) is 2.09. The summed E-state index contributed by atoms with van der Waals surface area (Å²) in [4.78, 5) is 47.3. The second-order valence-corrected chi connectivity index (χ2v) is 5.60. The minimum absolute atomic E-state index is 0.159. The maximum absolute atomic E-state index is 11.9. The van der Waals surface area contributed by atoms with Gasteiger partial charge >= 0.3 is 11.9 Å². The number of hydrogen-bond donors (Lipinski definition) is 0. The van der Waals surface area contributed by atoms with E-state index < -0.39 is 31.6 Å². The van der Waals surface area contributed by atoms with Gasteiger partial charge in [0.25, 0.3) is 0 Å². The van der Waals surface area contributed by atoms with Crippen LogP contribution < -0.4 is 0 Å².